The van der Waals surface area contributed by atoms with Gasteiger partial charge in [0.2, 0.25) is 0 Å². The largest absolute Gasteiger partial charge is 0.423 e. The van der Waals surface area contributed by atoms with E-state index in [0.29, 0.717) is 0 Å². The van der Waals surface area contributed by atoms with E-state index in [4.69, 9.17) is 9.84 Å². The van der Waals surface area contributed by atoms with Crippen LogP contribution in [0.15, 0.2) is 12.2 Å². The number of esters is 1. The van der Waals surface area contributed by atoms with Crippen molar-refractivity contribution in [3.8, 4) is 0 Å². The molecule has 0 saturated carbocycles. The Hall–Kier alpha value is -0.870. The topological polar surface area (TPSA) is 55.8 Å². The molecular weight excluding hydrogens is 136 g/mol. The molecule has 0 spiro atoms. The quantitative estimate of drug-likeness (QED) is 0.527. The fraction of sp³-hybridized carbons (Fsp3) is 0.500. The predicted molar refractivity (Wildman–Crippen MR) is 32.1 cm³/mol. The molecule has 56 valence electrons. The van der Waals surface area contributed by atoms with Gasteiger partial charge in [-0.25, -0.2) is 4.79 Å². The van der Waals surface area contributed by atoms with E-state index < -0.39 is 11.8 Å². The molecule has 0 aromatic heterocycles. The number of carbonyl (C=O) groups is 1. The van der Waals surface area contributed by atoms with Gasteiger partial charge in [0.1, 0.15) is 6.61 Å². The van der Waals surface area contributed by atoms with E-state index in [1.54, 1.807) is 0 Å². The van der Waals surface area contributed by atoms with Crippen molar-refractivity contribution >= 4 is 5.97 Å². The van der Waals surface area contributed by atoms with E-state index >= 15 is 0 Å². The van der Waals surface area contributed by atoms with Gasteiger partial charge in [0.25, 0.3) is 5.79 Å². The first-order valence-electron chi connectivity index (χ1n) is 2.81. The Morgan fingerprint density at radius 1 is 1.90 bits per heavy atom. The molecule has 10 heavy (non-hydrogen) atoms. The Labute approximate surface area is 58.1 Å². The van der Waals surface area contributed by atoms with Crippen LogP contribution in [0.4, 0.5) is 0 Å². The Balaban J connectivity index is 2.70. The smallest absolute Gasteiger partial charge is 0.333 e. The second-order valence-electron chi connectivity index (χ2n) is 1.93. The highest BCUT2D eigenvalue weighted by molar-refractivity contribution is 5.84. The van der Waals surface area contributed by atoms with Gasteiger partial charge >= 0.3 is 5.97 Å². The Morgan fingerprint density at radius 2 is 2.60 bits per heavy atom. The van der Waals surface area contributed by atoms with Crippen LogP contribution >= 0.6 is 0 Å². The summed E-state index contributed by atoms with van der Waals surface area (Å²) >= 11 is 0. The van der Waals surface area contributed by atoms with Crippen LogP contribution in [0, 0.1) is 0 Å². The van der Waals surface area contributed by atoms with Crippen LogP contribution in [0.1, 0.15) is 0 Å². The van der Waals surface area contributed by atoms with Crippen LogP contribution in [0.2, 0.25) is 0 Å². The third kappa shape index (κ3) is 1.03. The molecule has 0 saturated heterocycles. The average molecular weight is 144 g/mol. The van der Waals surface area contributed by atoms with Crippen LogP contribution in [-0.4, -0.2) is 30.6 Å². The molecule has 1 rings (SSSR count). The van der Waals surface area contributed by atoms with Gasteiger partial charge in [0.15, 0.2) is 0 Å². The SMILES string of the molecule is COC1(CO)C=CC(=O)O1. The van der Waals surface area contributed by atoms with Crippen molar-refractivity contribution in [3.63, 3.8) is 0 Å². The minimum atomic E-state index is -1.23. The lowest BCUT2D eigenvalue weighted by molar-refractivity contribution is -0.200. The molecule has 0 aromatic rings. The van der Waals surface area contributed by atoms with Crippen LogP contribution in [0.3, 0.4) is 0 Å². The van der Waals surface area contributed by atoms with E-state index in [9.17, 15) is 4.79 Å². The molecular formula is C6H8O4. The maximum Gasteiger partial charge on any atom is 0.333 e. The lowest BCUT2D eigenvalue weighted by Gasteiger charge is -2.21. The van der Waals surface area contributed by atoms with Gasteiger partial charge in [-0.3, -0.25) is 0 Å². The first kappa shape index (κ1) is 7.24. The summed E-state index contributed by atoms with van der Waals surface area (Å²) in [5.41, 5.74) is 0. The van der Waals surface area contributed by atoms with Gasteiger partial charge in [0, 0.05) is 13.2 Å². The summed E-state index contributed by atoms with van der Waals surface area (Å²) in [7, 11) is 1.36. The fourth-order valence-electron chi connectivity index (χ4n) is 0.693. The number of hydrogen-bond donors (Lipinski definition) is 1. The molecule has 1 aliphatic heterocycles. The number of carbonyl (C=O) groups excluding carboxylic acids is 1. The van der Waals surface area contributed by atoms with Crippen LogP contribution in [0.25, 0.3) is 0 Å². The molecule has 0 bridgehead atoms. The van der Waals surface area contributed by atoms with E-state index in [1.165, 1.54) is 19.3 Å². The first-order chi connectivity index (χ1) is 4.72. The standard InChI is InChI=1S/C6H8O4/c1-9-6(4-7)3-2-5(8)10-6/h2-3,7H,4H2,1H3. The minimum absolute atomic E-state index is 0.355. The van der Waals surface area contributed by atoms with Crippen molar-refractivity contribution in [1.29, 1.82) is 0 Å². The monoisotopic (exact) mass is 144 g/mol. The molecule has 1 unspecified atom stereocenters. The number of hydrogen-bond acceptors (Lipinski definition) is 4. The minimum Gasteiger partial charge on any atom is -0.423 e. The third-order valence-corrected chi connectivity index (χ3v) is 1.31. The highest BCUT2D eigenvalue weighted by Gasteiger charge is 2.34. The molecule has 0 fully saturated rings. The summed E-state index contributed by atoms with van der Waals surface area (Å²) in [6.45, 7) is -0.355. The van der Waals surface area contributed by atoms with E-state index in [2.05, 4.69) is 4.74 Å². The normalized spacial score (nSPS) is 30.8. The molecule has 0 radical (unpaired) electrons. The molecule has 1 atom stereocenters. The van der Waals surface area contributed by atoms with Crippen LogP contribution in [-0.2, 0) is 14.3 Å². The highest BCUT2D eigenvalue weighted by Crippen LogP contribution is 2.19. The number of cyclic esters (lactones) is 1. The molecule has 1 aliphatic rings. The summed E-state index contributed by atoms with van der Waals surface area (Å²) in [5, 5.41) is 8.68. The number of methoxy groups -OCH3 is 1. The van der Waals surface area contributed by atoms with Gasteiger partial charge in [-0.2, -0.15) is 0 Å². The molecule has 1 heterocycles. The summed E-state index contributed by atoms with van der Waals surface area (Å²) < 4.78 is 9.36. The number of aliphatic hydroxyl groups excluding tert-OH is 1. The summed E-state index contributed by atoms with van der Waals surface area (Å²) in [5.74, 6) is -1.72. The molecule has 4 heteroatoms. The number of rotatable bonds is 2. The van der Waals surface area contributed by atoms with Gasteiger partial charge < -0.3 is 14.6 Å². The zero-order chi connectivity index (χ0) is 7.61. The van der Waals surface area contributed by atoms with Crippen molar-refractivity contribution in [2.45, 2.75) is 5.79 Å². The first-order valence-corrected chi connectivity index (χ1v) is 2.81. The lowest BCUT2D eigenvalue weighted by atomic mass is 10.3. The van der Waals surface area contributed by atoms with Gasteiger partial charge in [-0.1, -0.05) is 0 Å². The van der Waals surface area contributed by atoms with E-state index in [0.717, 1.165) is 0 Å². The Kier molecular flexibility index (Phi) is 1.74. The Bertz CT molecular complexity index is 169. The number of ether oxygens (including phenoxy) is 2. The Morgan fingerprint density at radius 3 is 2.80 bits per heavy atom. The van der Waals surface area contributed by atoms with Gasteiger partial charge in [0.05, 0.1) is 0 Å². The van der Waals surface area contributed by atoms with Crippen LogP contribution < -0.4 is 0 Å². The van der Waals surface area contributed by atoms with E-state index in [1.807, 2.05) is 0 Å². The third-order valence-electron chi connectivity index (χ3n) is 1.31. The molecule has 4 nitrogen and oxygen atoms in total. The summed E-state index contributed by atoms with van der Waals surface area (Å²) in [6, 6.07) is 0. The van der Waals surface area contributed by atoms with Gasteiger partial charge in [-0.15, -0.1) is 0 Å². The molecule has 0 aromatic carbocycles. The summed E-state index contributed by atoms with van der Waals surface area (Å²) in [4.78, 5) is 10.5. The zero-order valence-corrected chi connectivity index (χ0v) is 5.53. The van der Waals surface area contributed by atoms with Crippen molar-refractivity contribution < 1.29 is 19.4 Å². The maximum absolute atomic E-state index is 10.5. The van der Waals surface area contributed by atoms with Crippen molar-refractivity contribution in [1.82, 2.24) is 0 Å². The lowest BCUT2D eigenvalue weighted by Crippen LogP contribution is -2.34. The highest BCUT2D eigenvalue weighted by atomic mass is 16.7. The van der Waals surface area contributed by atoms with Crippen LogP contribution in [0.5, 0.6) is 0 Å². The zero-order valence-electron chi connectivity index (χ0n) is 5.53. The average Bonchev–Trinajstić information content (AvgIpc) is 2.33. The maximum atomic E-state index is 10.5. The molecule has 0 amide bonds. The second-order valence-corrected chi connectivity index (χ2v) is 1.93. The van der Waals surface area contributed by atoms with Gasteiger partial charge in [-0.05, 0) is 6.08 Å². The van der Waals surface area contributed by atoms with E-state index in [-0.39, 0.29) is 6.61 Å². The number of aliphatic hydroxyl groups is 1. The molecule has 0 aliphatic carbocycles. The predicted octanol–water partition coefficient (Wildman–Crippen LogP) is -0.566. The van der Waals surface area contributed by atoms with Crippen molar-refractivity contribution in [2.75, 3.05) is 13.7 Å². The fourth-order valence-corrected chi connectivity index (χ4v) is 0.693. The summed E-state index contributed by atoms with van der Waals surface area (Å²) in [6.07, 6.45) is 2.61. The molecule has 1 N–H and O–H groups in total. The second kappa shape index (κ2) is 2.40. The van der Waals surface area contributed by atoms with Crippen molar-refractivity contribution in [3.05, 3.63) is 12.2 Å². The van der Waals surface area contributed by atoms with Crippen molar-refractivity contribution in [2.24, 2.45) is 0 Å².